The van der Waals surface area contributed by atoms with Gasteiger partial charge in [0.25, 0.3) is 0 Å². The number of methoxy groups -OCH3 is 1. The van der Waals surface area contributed by atoms with Crippen molar-refractivity contribution in [2.24, 2.45) is 5.10 Å². The van der Waals surface area contributed by atoms with E-state index in [0.29, 0.717) is 17.1 Å². The number of hydrazone groups is 1. The molecular formula is C19H19N3O3. The van der Waals surface area contributed by atoms with Gasteiger partial charge in [-0.25, -0.2) is 5.43 Å². The Morgan fingerprint density at radius 2 is 1.68 bits per heavy atom. The molecular weight excluding hydrogens is 318 g/mol. The molecule has 0 radical (unpaired) electrons. The molecule has 0 fully saturated rings. The molecule has 2 amide bonds. The van der Waals surface area contributed by atoms with E-state index in [1.165, 1.54) is 0 Å². The fourth-order valence-corrected chi connectivity index (χ4v) is 1.87. The number of carbonyl (C=O) groups is 2. The second-order valence-electron chi connectivity index (χ2n) is 5.12. The van der Waals surface area contributed by atoms with E-state index in [9.17, 15) is 9.59 Å². The van der Waals surface area contributed by atoms with Crippen LogP contribution in [0.15, 0.2) is 65.8 Å². The highest BCUT2D eigenvalue weighted by Crippen LogP contribution is 2.14. The van der Waals surface area contributed by atoms with Gasteiger partial charge in [-0.2, -0.15) is 5.10 Å². The Morgan fingerprint density at radius 1 is 1.00 bits per heavy atom. The predicted octanol–water partition coefficient (Wildman–Crippen LogP) is 2.84. The second-order valence-corrected chi connectivity index (χ2v) is 5.12. The highest BCUT2D eigenvalue weighted by molar-refractivity contribution is 6.39. The first-order valence-corrected chi connectivity index (χ1v) is 7.61. The summed E-state index contributed by atoms with van der Waals surface area (Å²) in [4.78, 5) is 23.6. The Kier molecular flexibility index (Phi) is 6.47. The topological polar surface area (TPSA) is 79.8 Å². The monoisotopic (exact) mass is 337 g/mol. The first-order valence-electron chi connectivity index (χ1n) is 7.61. The van der Waals surface area contributed by atoms with Crippen LogP contribution in [0, 0.1) is 0 Å². The number of carbonyl (C=O) groups excluding carboxylic acids is 2. The Balaban J connectivity index is 1.87. The number of hydrogen-bond acceptors (Lipinski definition) is 4. The number of amides is 2. The van der Waals surface area contributed by atoms with Crippen LogP contribution in [0.2, 0.25) is 0 Å². The van der Waals surface area contributed by atoms with Gasteiger partial charge in [-0.1, -0.05) is 36.4 Å². The van der Waals surface area contributed by atoms with Crippen LogP contribution in [0.4, 0.5) is 5.69 Å². The molecule has 6 nitrogen and oxygen atoms in total. The standard InChI is InChI=1S/C19H19N3O3/c1-14(8-9-15-6-4-3-5-7-15)21-22-19(24)18(23)20-16-10-12-17(25-2)13-11-16/h3-13H,1-2H3,(H,20,23)(H,22,24)/b9-8+,21-14-. The van der Waals surface area contributed by atoms with Crippen LogP contribution in [0.3, 0.4) is 0 Å². The molecule has 0 atom stereocenters. The molecule has 0 saturated heterocycles. The average molecular weight is 337 g/mol. The van der Waals surface area contributed by atoms with E-state index in [1.54, 1.807) is 44.4 Å². The van der Waals surface area contributed by atoms with E-state index in [0.717, 1.165) is 5.56 Å². The van der Waals surface area contributed by atoms with Crippen LogP contribution in [-0.2, 0) is 9.59 Å². The zero-order chi connectivity index (χ0) is 18.1. The molecule has 128 valence electrons. The third-order valence-electron chi connectivity index (χ3n) is 3.20. The summed E-state index contributed by atoms with van der Waals surface area (Å²) in [6, 6.07) is 16.3. The van der Waals surface area contributed by atoms with Gasteiger partial charge in [-0.15, -0.1) is 0 Å². The normalized spacial score (nSPS) is 11.2. The van der Waals surface area contributed by atoms with Crippen LogP contribution in [-0.4, -0.2) is 24.6 Å². The van der Waals surface area contributed by atoms with Gasteiger partial charge >= 0.3 is 11.8 Å². The number of hydrogen-bond donors (Lipinski definition) is 2. The van der Waals surface area contributed by atoms with Gasteiger partial charge in [0, 0.05) is 5.69 Å². The Bertz CT molecular complexity index is 781. The number of ether oxygens (including phenoxy) is 1. The third kappa shape index (κ3) is 5.95. The molecule has 6 heteroatoms. The molecule has 2 N–H and O–H groups in total. The van der Waals surface area contributed by atoms with Crippen molar-refractivity contribution >= 4 is 29.3 Å². The van der Waals surface area contributed by atoms with Gasteiger partial charge in [0.2, 0.25) is 0 Å². The van der Waals surface area contributed by atoms with Gasteiger partial charge < -0.3 is 10.1 Å². The SMILES string of the molecule is COc1ccc(NC(=O)C(=O)N/N=C(C)\C=C\c2ccccc2)cc1. The van der Waals surface area contributed by atoms with Gasteiger partial charge in [-0.05, 0) is 42.8 Å². The number of allylic oxidation sites excluding steroid dienone is 1. The summed E-state index contributed by atoms with van der Waals surface area (Å²) < 4.78 is 5.03. The number of nitrogens with zero attached hydrogens (tertiary/aromatic N) is 1. The van der Waals surface area contributed by atoms with Gasteiger partial charge in [0.15, 0.2) is 0 Å². The Labute approximate surface area is 146 Å². The third-order valence-corrected chi connectivity index (χ3v) is 3.20. The van der Waals surface area contributed by atoms with Crippen molar-refractivity contribution in [1.29, 1.82) is 0 Å². The lowest BCUT2D eigenvalue weighted by molar-refractivity contribution is -0.136. The molecule has 0 saturated carbocycles. The zero-order valence-corrected chi connectivity index (χ0v) is 14.0. The number of anilines is 1. The smallest absolute Gasteiger partial charge is 0.329 e. The van der Waals surface area contributed by atoms with Gasteiger partial charge in [-0.3, -0.25) is 9.59 Å². The Hall–Kier alpha value is -3.41. The summed E-state index contributed by atoms with van der Waals surface area (Å²) in [5.41, 5.74) is 4.29. The first kappa shape index (κ1) is 17.9. The van der Waals surface area contributed by atoms with Crippen LogP contribution in [0.5, 0.6) is 5.75 Å². The minimum absolute atomic E-state index is 0.491. The van der Waals surface area contributed by atoms with Crippen LogP contribution < -0.4 is 15.5 Å². The maximum Gasteiger partial charge on any atom is 0.329 e. The quantitative estimate of drug-likeness (QED) is 0.500. The lowest BCUT2D eigenvalue weighted by atomic mass is 10.2. The molecule has 0 aliphatic heterocycles. The maximum atomic E-state index is 11.8. The van der Waals surface area contributed by atoms with Crippen LogP contribution >= 0.6 is 0 Å². The van der Waals surface area contributed by atoms with Crippen molar-refractivity contribution in [2.75, 3.05) is 12.4 Å². The number of nitrogens with one attached hydrogen (secondary N) is 2. The Morgan fingerprint density at radius 3 is 2.32 bits per heavy atom. The summed E-state index contributed by atoms with van der Waals surface area (Å²) in [6.45, 7) is 1.72. The second kappa shape index (κ2) is 9.02. The van der Waals surface area contributed by atoms with E-state index in [-0.39, 0.29) is 0 Å². The van der Waals surface area contributed by atoms with E-state index < -0.39 is 11.8 Å². The van der Waals surface area contributed by atoms with Crippen molar-refractivity contribution in [1.82, 2.24) is 5.43 Å². The average Bonchev–Trinajstić information content (AvgIpc) is 2.65. The van der Waals surface area contributed by atoms with Gasteiger partial charge in [0.05, 0.1) is 12.8 Å². The molecule has 0 aliphatic carbocycles. The minimum atomic E-state index is -0.844. The van der Waals surface area contributed by atoms with Crippen LogP contribution in [0.1, 0.15) is 12.5 Å². The van der Waals surface area contributed by atoms with Crippen molar-refractivity contribution in [3.63, 3.8) is 0 Å². The predicted molar refractivity (Wildman–Crippen MR) is 98.4 cm³/mol. The van der Waals surface area contributed by atoms with E-state index >= 15 is 0 Å². The lowest BCUT2D eigenvalue weighted by Gasteiger charge is -2.05. The van der Waals surface area contributed by atoms with E-state index in [2.05, 4.69) is 15.8 Å². The molecule has 2 rings (SSSR count). The lowest BCUT2D eigenvalue weighted by Crippen LogP contribution is -2.32. The van der Waals surface area contributed by atoms with Crippen molar-refractivity contribution in [3.05, 3.63) is 66.2 Å². The van der Waals surface area contributed by atoms with Gasteiger partial charge in [0.1, 0.15) is 5.75 Å². The summed E-state index contributed by atoms with van der Waals surface area (Å²) in [7, 11) is 1.55. The number of rotatable bonds is 5. The summed E-state index contributed by atoms with van der Waals surface area (Å²) in [5.74, 6) is -0.982. The highest BCUT2D eigenvalue weighted by Gasteiger charge is 2.12. The highest BCUT2D eigenvalue weighted by atomic mass is 16.5. The largest absolute Gasteiger partial charge is 0.497 e. The molecule has 2 aromatic rings. The molecule has 2 aromatic carbocycles. The minimum Gasteiger partial charge on any atom is -0.497 e. The summed E-state index contributed by atoms with van der Waals surface area (Å²) in [5, 5.41) is 6.36. The molecule has 0 aliphatic rings. The van der Waals surface area contributed by atoms with Crippen molar-refractivity contribution < 1.29 is 14.3 Å². The molecule has 0 spiro atoms. The summed E-state index contributed by atoms with van der Waals surface area (Å²) >= 11 is 0. The first-order chi connectivity index (χ1) is 12.1. The molecule has 0 unspecified atom stereocenters. The van der Waals surface area contributed by atoms with Crippen LogP contribution in [0.25, 0.3) is 6.08 Å². The molecule has 0 aromatic heterocycles. The fourth-order valence-electron chi connectivity index (χ4n) is 1.87. The molecule has 0 bridgehead atoms. The van der Waals surface area contributed by atoms with E-state index in [1.807, 2.05) is 36.4 Å². The van der Waals surface area contributed by atoms with E-state index in [4.69, 9.17) is 4.74 Å². The zero-order valence-electron chi connectivity index (χ0n) is 14.0. The maximum absolute atomic E-state index is 11.8. The fraction of sp³-hybridized carbons (Fsp3) is 0.105. The summed E-state index contributed by atoms with van der Waals surface area (Å²) in [6.07, 6.45) is 3.61. The number of benzene rings is 2. The molecule has 25 heavy (non-hydrogen) atoms. The molecule has 0 heterocycles. The van der Waals surface area contributed by atoms with Crippen molar-refractivity contribution in [3.8, 4) is 5.75 Å². The van der Waals surface area contributed by atoms with Crippen molar-refractivity contribution in [2.45, 2.75) is 6.92 Å².